The van der Waals surface area contributed by atoms with Crippen LogP contribution in [0.1, 0.15) is 78.6 Å². The SMILES string of the molecule is CC.CC.CSCC[C@@H]1N[N+]2=C3N=C4N=C(N=C5c6ccccc6C(=[N+]5C1=O)N=C1N=C(N=C2c2ccccc23)c2ccccc21)c1ccccc14. The molecule has 1 N–H and O–H groups in total. The van der Waals surface area contributed by atoms with Crippen molar-refractivity contribution in [1.82, 2.24) is 5.43 Å². The summed E-state index contributed by atoms with van der Waals surface area (Å²) in [5.74, 6) is 4.72. The van der Waals surface area contributed by atoms with Gasteiger partial charge in [0, 0.05) is 22.3 Å². The summed E-state index contributed by atoms with van der Waals surface area (Å²) < 4.78 is 3.52. The highest BCUT2D eigenvalue weighted by atomic mass is 32.2. The van der Waals surface area contributed by atoms with Gasteiger partial charge < -0.3 is 0 Å². The average Bonchev–Trinajstić information content (AvgIpc) is 3.91. The first-order valence-electron chi connectivity index (χ1n) is 17.7. The van der Waals surface area contributed by atoms with Gasteiger partial charge in [0.05, 0.1) is 22.3 Å². The number of hydrazine groups is 1. The summed E-state index contributed by atoms with van der Waals surface area (Å²) in [5.41, 5.74) is 10.3. The monoisotopic (exact) mass is 703 g/mol. The van der Waals surface area contributed by atoms with Crippen LogP contribution in [0.25, 0.3) is 0 Å². The van der Waals surface area contributed by atoms with Crippen molar-refractivity contribution in [2.24, 2.45) is 30.0 Å². The van der Waals surface area contributed by atoms with Gasteiger partial charge in [-0.1, -0.05) is 96.2 Å². The Kier molecular flexibility index (Phi) is 8.72. The lowest BCUT2D eigenvalue weighted by Gasteiger charge is -2.19. The first-order valence-corrected chi connectivity index (χ1v) is 19.1. The Hall–Kier alpha value is -5.94. The maximum absolute atomic E-state index is 15.2. The molecular weight excluding hydrogens is 667 g/mol. The van der Waals surface area contributed by atoms with Crippen LogP contribution in [0.2, 0.25) is 0 Å². The highest BCUT2D eigenvalue weighted by molar-refractivity contribution is 7.98. The van der Waals surface area contributed by atoms with E-state index in [1.54, 1.807) is 16.3 Å². The Morgan fingerprint density at radius 2 is 0.942 bits per heavy atom. The number of carbonyl (C=O) groups is 1. The van der Waals surface area contributed by atoms with Crippen LogP contribution in [0.15, 0.2) is 127 Å². The third-order valence-corrected chi connectivity index (χ3v) is 9.81. The van der Waals surface area contributed by atoms with E-state index in [4.69, 9.17) is 30.0 Å². The quantitative estimate of drug-likeness (QED) is 0.262. The molecule has 0 saturated heterocycles. The Morgan fingerprint density at radius 3 is 1.46 bits per heavy atom. The molecule has 10 nitrogen and oxygen atoms in total. The lowest BCUT2D eigenvalue weighted by molar-refractivity contribution is -0.484. The molecule has 1 atom stereocenters. The Bertz CT molecular complexity index is 2450. The number of rotatable bonds is 3. The van der Waals surface area contributed by atoms with Crippen molar-refractivity contribution in [2.45, 2.75) is 40.2 Å². The van der Waals surface area contributed by atoms with E-state index in [-0.39, 0.29) is 5.91 Å². The number of benzene rings is 4. The normalized spacial score (nSPS) is 18.1. The lowest BCUT2D eigenvalue weighted by atomic mass is 10.1. The number of thioether (sulfide) groups is 1. The van der Waals surface area contributed by atoms with Crippen molar-refractivity contribution in [3.05, 3.63) is 142 Å². The standard InChI is InChI=1S/C37H24N9OS.2C2H6/c1-48-19-18-28-37(47)45-33-24-14-6-7-15-25(24)34(45)41-30-21-11-3-5-13-23(21)32(39-30)43-36-27-17-9-8-16-26(27)35(46(36)44-28)42-31-22-12-4-2-10-20(22)29(38-31)40-33;2*1-2/h2-17,28H,18-19H2,1H3;2*1-2H3/q+1;;/p+1/t28-;;/m0../s1. The second kappa shape index (κ2) is 13.6. The van der Waals surface area contributed by atoms with Crippen molar-refractivity contribution in [1.29, 1.82) is 0 Å². The first-order chi connectivity index (χ1) is 25.7. The molecule has 256 valence electrons. The molecule has 6 heterocycles. The molecule has 0 aromatic heterocycles. The van der Waals surface area contributed by atoms with Crippen LogP contribution in [-0.2, 0) is 4.79 Å². The van der Waals surface area contributed by atoms with Crippen LogP contribution in [-0.4, -0.2) is 79.9 Å². The number of aliphatic imine (C=N–C) groups is 6. The molecule has 6 bridgehead atoms. The van der Waals surface area contributed by atoms with Crippen molar-refractivity contribution in [2.75, 3.05) is 12.0 Å². The number of hydrogen-bond acceptors (Lipinski definition) is 9. The molecule has 0 unspecified atom stereocenters. The average molecular weight is 704 g/mol. The molecule has 0 saturated carbocycles. The van der Waals surface area contributed by atoms with Gasteiger partial charge in [-0.15, -0.1) is 4.68 Å². The molecule has 10 rings (SSSR count). The molecule has 0 fully saturated rings. The number of hydrogen-bond donors (Lipinski definition) is 1. The Morgan fingerprint density at radius 1 is 0.538 bits per heavy atom. The summed E-state index contributed by atoms with van der Waals surface area (Å²) in [7, 11) is 0. The smallest absolute Gasteiger partial charge is 0.261 e. The minimum Gasteiger partial charge on any atom is -0.261 e. The number of nitrogens with zero attached hydrogens (tertiary/aromatic N) is 8. The van der Waals surface area contributed by atoms with Gasteiger partial charge in [0.1, 0.15) is 6.04 Å². The Balaban J connectivity index is 0.000000937. The van der Waals surface area contributed by atoms with Gasteiger partial charge in [0.15, 0.2) is 0 Å². The summed E-state index contributed by atoms with van der Waals surface area (Å²) >= 11 is 1.69. The van der Waals surface area contributed by atoms with E-state index in [9.17, 15) is 0 Å². The molecule has 0 radical (unpaired) electrons. The minimum atomic E-state index is -0.676. The van der Waals surface area contributed by atoms with Crippen LogP contribution in [0.3, 0.4) is 0 Å². The number of amidine groups is 8. The van der Waals surface area contributed by atoms with Crippen molar-refractivity contribution < 1.29 is 14.1 Å². The fourth-order valence-corrected chi connectivity index (χ4v) is 7.39. The van der Waals surface area contributed by atoms with Gasteiger partial charge in [-0.3, -0.25) is 10.2 Å². The van der Waals surface area contributed by atoms with Crippen LogP contribution < -0.4 is 5.43 Å². The summed E-state index contributed by atoms with van der Waals surface area (Å²) in [6, 6.07) is 31.1. The van der Waals surface area contributed by atoms with Gasteiger partial charge >= 0.3 is 5.91 Å². The first kappa shape index (κ1) is 33.2. The van der Waals surface area contributed by atoms with E-state index in [1.165, 1.54) is 0 Å². The maximum atomic E-state index is 15.2. The van der Waals surface area contributed by atoms with Crippen molar-refractivity contribution >= 4 is 64.4 Å². The summed E-state index contributed by atoms with van der Waals surface area (Å²) in [6.45, 7) is 8.00. The number of fused-ring (bicyclic) bond motifs is 16. The number of nitrogens with one attached hydrogen (secondary N) is 1. The van der Waals surface area contributed by atoms with E-state index in [0.717, 1.165) is 50.3 Å². The lowest BCUT2D eigenvalue weighted by Crippen LogP contribution is -2.51. The summed E-state index contributed by atoms with van der Waals surface area (Å²) in [5, 5.41) is 0. The molecule has 52 heavy (non-hydrogen) atoms. The fraction of sp³-hybridized carbons (Fsp3) is 0.195. The molecule has 4 aromatic carbocycles. The zero-order chi connectivity index (χ0) is 35.9. The topological polar surface area (TPSA) is 109 Å². The maximum Gasteiger partial charge on any atom is 0.315 e. The number of carbonyl (C=O) groups excluding carboxylic acids is 1. The van der Waals surface area contributed by atoms with Gasteiger partial charge in [0.2, 0.25) is 23.3 Å². The van der Waals surface area contributed by atoms with Gasteiger partial charge in [-0.05, 0) is 67.0 Å². The summed E-state index contributed by atoms with van der Waals surface area (Å²) in [4.78, 5) is 46.1. The molecule has 11 heteroatoms. The van der Waals surface area contributed by atoms with E-state index in [2.05, 4.69) is 5.43 Å². The molecule has 0 aliphatic carbocycles. The second-order valence-corrected chi connectivity index (χ2v) is 12.9. The van der Waals surface area contributed by atoms with E-state index < -0.39 is 6.04 Å². The second-order valence-electron chi connectivity index (χ2n) is 11.9. The minimum absolute atomic E-state index is 0.194. The Labute approximate surface area is 306 Å². The van der Waals surface area contributed by atoms with E-state index >= 15 is 4.79 Å². The zero-order valence-electron chi connectivity index (χ0n) is 29.6. The zero-order valence-corrected chi connectivity index (χ0v) is 30.4. The van der Waals surface area contributed by atoms with Gasteiger partial charge in [0.25, 0.3) is 23.3 Å². The third-order valence-electron chi connectivity index (χ3n) is 9.17. The molecule has 6 aliphatic heterocycles. The van der Waals surface area contributed by atoms with Gasteiger partial charge in [-0.2, -0.15) is 26.3 Å². The van der Waals surface area contributed by atoms with Crippen LogP contribution in [0, 0.1) is 0 Å². The largest absolute Gasteiger partial charge is 0.315 e. The molecule has 6 aliphatic rings. The van der Waals surface area contributed by atoms with E-state index in [1.807, 2.05) is 136 Å². The van der Waals surface area contributed by atoms with Crippen molar-refractivity contribution in [3.63, 3.8) is 0 Å². The van der Waals surface area contributed by atoms with E-state index in [0.29, 0.717) is 53.1 Å². The third kappa shape index (κ3) is 5.14. The highest BCUT2D eigenvalue weighted by Crippen LogP contribution is 2.30. The predicted octanol–water partition coefficient (Wildman–Crippen LogP) is 6.07. The van der Waals surface area contributed by atoms with Crippen LogP contribution in [0.4, 0.5) is 0 Å². The highest BCUT2D eigenvalue weighted by Gasteiger charge is 2.46. The number of amides is 1. The molecule has 0 spiro atoms. The number of hydrazone groups is 1. The molecule has 4 aromatic rings. The van der Waals surface area contributed by atoms with Crippen LogP contribution >= 0.6 is 11.8 Å². The molecule has 1 amide bonds. The van der Waals surface area contributed by atoms with Crippen molar-refractivity contribution in [3.8, 4) is 0 Å². The fourth-order valence-electron chi connectivity index (χ4n) is 6.92. The van der Waals surface area contributed by atoms with Crippen LogP contribution in [0.5, 0.6) is 0 Å². The van der Waals surface area contributed by atoms with Gasteiger partial charge in [-0.25, -0.2) is 0 Å². The molecular formula is C41H37N9OS+2. The summed E-state index contributed by atoms with van der Waals surface area (Å²) in [6.07, 6.45) is 2.58. The predicted molar refractivity (Wildman–Crippen MR) is 211 cm³/mol.